The average molecular weight is 311 g/mol. The normalized spacial score (nSPS) is 19.2. The maximum atomic E-state index is 11.9. The fourth-order valence-electron chi connectivity index (χ4n) is 2.46. The molecule has 1 atom stereocenters. The second-order valence-corrected chi connectivity index (χ2v) is 5.75. The molecule has 0 aromatic heterocycles. The van der Waals surface area contributed by atoms with Crippen molar-refractivity contribution in [2.45, 2.75) is 19.4 Å². The minimum Gasteiger partial charge on any atom is -0.481 e. The SMILES string of the molecule is O=C(CN1CCCC(C(=O)O)C1)NCc1ccc(Cl)cc1. The second-order valence-electron chi connectivity index (χ2n) is 5.32. The number of halogens is 1. The third-order valence-electron chi connectivity index (χ3n) is 3.62. The Labute approximate surface area is 128 Å². The largest absolute Gasteiger partial charge is 0.481 e. The van der Waals surface area contributed by atoms with E-state index in [4.69, 9.17) is 16.7 Å². The average Bonchev–Trinajstić information content (AvgIpc) is 2.47. The molecule has 114 valence electrons. The van der Waals surface area contributed by atoms with Gasteiger partial charge in [0.1, 0.15) is 0 Å². The van der Waals surface area contributed by atoms with Crippen LogP contribution in [0, 0.1) is 5.92 Å². The van der Waals surface area contributed by atoms with E-state index in [1.165, 1.54) is 0 Å². The van der Waals surface area contributed by atoms with Crippen LogP contribution in [-0.2, 0) is 16.1 Å². The van der Waals surface area contributed by atoms with Crippen LogP contribution in [0.3, 0.4) is 0 Å². The lowest BCUT2D eigenvalue weighted by Crippen LogP contribution is -2.44. The zero-order valence-electron chi connectivity index (χ0n) is 11.7. The molecular formula is C15H19ClN2O3. The summed E-state index contributed by atoms with van der Waals surface area (Å²) in [5.41, 5.74) is 0.981. The van der Waals surface area contributed by atoms with Gasteiger partial charge >= 0.3 is 5.97 Å². The lowest BCUT2D eigenvalue weighted by atomic mass is 9.98. The van der Waals surface area contributed by atoms with Crippen molar-refractivity contribution in [3.63, 3.8) is 0 Å². The van der Waals surface area contributed by atoms with E-state index in [0.717, 1.165) is 18.5 Å². The van der Waals surface area contributed by atoms with Crippen LogP contribution < -0.4 is 5.32 Å². The molecule has 2 rings (SSSR count). The molecule has 1 unspecified atom stereocenters. The van der Waals surface area contributed by atoms with Crippen LogP contribution in [-0.4, -0.2) is 41.5 Å². The highest BCUT2D eigenvalue weighted by atomic mass is 35.5. The van der Waals surface area contributed by atoms with Crippen LogP contribution in [0.4, 0.5) is 0 Å². The number of rotatable bonds is 5. The van der Waals surface area contributed by atoms with E-state index in [9.17, 15) is 9.59 Å². The van der Waals surface area contributed by atoms with Gasteiger partial charge in [0.05, 0.1) is 12.5 Å². The lowest BCUT2D eigenvalue weighted by Gasteiger charge is -2.29. The van der Waals surface area contributed by atoms with Gasteiger partial charge in [-0.25, -0.2) is 0 Å². The van der Waals surface area contributed by atoms with Crippen LogP contribution in [0.1, 0.15) is 18.4 Å². The number of carbonyl (C=O) groups is 2. The van der Waals surface area contributed by atoms with Crippen LogP contribution in [0.2, 0.25) is 5.02 Å². The van der Waals surface area contributed by atoms with Gasteiger partial charge in [0, 0.05) is 18.1 Å². The van der Waals surface area contributed by atoms with Crippen molar-refractivity contribution in [2.24, 2.45) is 5.92 Å². The van der Waals surface area contributed by atoms with Gasteiger partial charge in [-0.05, 0) is 37.1 Å². The third kappa shape index (κ3) is 5.02. The Morgan fingerprint density at radius 3 is 2.71 bits per heavy atom. The Morgan fingerprint density at radius 1 is 1.33 bits per heavy atom. The quantitative estimate of drug-likeness (QED) is 0.869. The lowest BCUT2D eigenvalue weighted by molar-refractivity contribution is -0.144. The molecule has 0 radical (unpaired) electrons. The molecule has 1 aliphatic heterocycles. The minimum atomic E-state index is -0.777. The molecule has 1 saturated heterocycles. The van der Waals surface area contributed by atoms with Crippen molar-refractivity contribution in [1.82, 2.24) is 10.2 Å². The number of benzene rings is 1. The monoisotopic (exact) mass is 310 g/mol. The topological polar surface area (TPSA) is 69.6 Å². The first kappa shape index (κ1) is 15.8. The molecule has 1 fully saturated rings. The highest BCUT2D eigenvalue weighted by Crippen LogP contribution is 2.16. The summed E-state index contributed by atoms with van der Waals surface area (Å²) in [5.74, 6) is -1.22. The van der Waals surface area contributed by atoms with Crippen molar-refractivity contribution in [3.05, 3.63) is 34.9 Å². The fraction of sp³-hybridized carbons (Fsp3) is 0.467. The number of aliphatic carboxylic acids is 1. The minimum absolute atomic E-state index is 0.0870. The zero-order valence-corrected chi connectivity index (χ0v) is 12.5. The van der Waals surface area contributed by atoms with Gasteiger partial charge in [-0.2, -0.15) is 0 Å². The molecule has 0 bridgehead atoms. The summed E-state index contributed by atoms with van der Waals surface area (Å²) < 4.78 is 0. The van der Waals surface area contributed by atoms with E-state index in [1.807, 2.05) is 17.0 Å². The van der Waals surface area contributed by atoms with E-state index in [-0.39, 0.29) is 18.4 Å². The molecule has 0 aliphatic carbocycles. The maximum Gasteiger partial charge on any atom is 0.307 e. The Balaban J connectivity index is 1.76. The molecule has 6 heteroatoms. The Hall–Kier alpha value is -1.59. The molecule has 1 aromatic carbocycles. The number of hydrogen-bond acceptors (Lipinski definition) is 3. The van der Waals surface area contributed by atoms with Gasteiger partial charge in [0.2, 0.25) is 5.91 Å². The molecule has 0 spiro atoms. The van der Waals surface area contributed by atoms with E-state index in [1.54, 1.807) is 12.1 Å². The van der Waals surface area contributed by atoms with Crippen LogP contribution in [0.5, 0.6) is 0 Å². The van der Waals surface area contributed by atoms with Crippen molar-refractivity contribution >= 4 is 23.5 Å². The highest BCUT2D eigenvalue weighted by Gasteiger charge is 2.26. The van der Waals surface area contributed by atoms with Crippen molar-refractivity contribution in [3.8, 4) is 0 Å². The van der Waals surface area contributed by atoms with Crippen molar-refractivity contribution in [2.75, 3.05) is 19.6 Å². The van der Waals surface area contributed by atoms with E-state index >= 15 is 0 Å². The van der Waals surface area contributed by atoms with E-state index < -0.39 is 5.97 Å². The molecule has 1 amide bonds. The summed E-state index contributed by atoms with van der Waals surface area (Å²) in [7, 11) is 0. The molecule has 5 nitrogen and oxygen atoms in total. The predicted molar refractivity (Wildman–Crippen MR) is 80.1 cm³/mol. The zero-order chi connectivity index (χ0) is 15.2. The Bertz CT molecular complexity index is 504. The molecule has 2 N–H and O–H groups in total. The number of carboxylic acid groups (broad SMARTS) is 1. The third-order valence-corrected chi connectivity index (χ3v) is 3.88. The summed E-state index contributed by atoms with van der Waals surface area (Å²) in [6.45, 7) is 1.92. The highest BCUT2D eigenvalue weighted by molar-refractivity contribution is 6.30. The fourth-order valence-corrected chi connectivity index (χ4v) is 2.59. The Morgan fingerprint density at radius 2 is 2.05 bits per heavy atom. The first-order chi connectivity index (χ1) is 10.0. The number of carbonyl (C=O) groups excluding carboxylic acids is 1. The van der Waals surface area contributed by atoms with Crippen molar-refractivity contribution < 1.29 is 14.7 Å². The van der Waals surface area contributed by atoms with Crippen molar-refractivity contribution in [1.29, 1.82) is 0 Å². The predicted octanol–water partition coefficient (Wildman–Crippen LogP) is 1.75. The standard InChI is InChI=1S/C15H19ClN2O3/c16-13-5-3-11(4-6-13)8-17-14(19)10-18-7-1-2-12(9-18)15(20)21/h3-6,12H,1-2,7-10H2,(H,17,19)(H,20,21). The van der Waals surface area contributed by atoms with Crippen LogP contribution in [0.15, 0.2) is 24.3 Å². The van der Waals surface area contributed by atoms with E-state index in [0.29, 0.717) is 24.5 Å². The molecule has 1 aromatic rings. The van der Waals surface area contributed by atoms with Gasteiger partial charge in [-0.3, -0.25) is 14.5 Å². The number of hydrogen-bond donors (Lipinski definition) is 2. The van der Waals surface area contributed by atoms with Gasteiger partial charge in [0.15, 0.2) is 0 Å². The smallest absolute Gasteiger partial charge is 0.307 e. The first-order valence-corrected chi connectivity index (χ1v) is 7.38. The number of piperidine rings is 1. The number of amides is 1. The molecule has 0 saturated carbocycles. The van der Waals surface area contributed by atoms with E-state index in [2.05, 4.69) is 5.32 Å². The molecule has 1 aliphatic rings. The van der Waals surface area contributed by atoms with Crippen LogP contribution in [0.25, 0.3) is 0 Å². The number of nitrogens with one attached hydrogen (secondary N) is 1. The summed E-state index contributed by atoms with van der Waals surface area (Å²) in [6.07, 6.45) is 1.51. The maximum absolute atomic E-state index is 11.9. The summed E-state index contributed by atoms with van der Waals surface area (Å²) in [6, 6.07) is 7.30. The summed E-state index contributed by atoms with van der Waals surface area (Å²) in [4.78, 5) is 24.8. The van der Waals surface area contributed by atoms with Crippen LogP contribution >= 0.6 is 11.6 Å². The van der Waals surface area contributed by atoms with Gasteiger partial charge in [-0.15, -0.1) is 0 Å². The first-order valence-electron chi connectivity index (χ1n) is 7.01. The number of carboxylic acids is 1. The molecule has 21 heavy (non-hydrogen) atoms. The Kier molecular flexibility index (Phi) is 5.59. The summed E-state index contributed by atoms with van der Waals surface area (Å²) in [5, 5.41) is 12.5. The number of nitrogens with zero attached hydrogens (tertiary/aromatic N) is 1. The summed E-state index contributed by atoms with van der Waals surface area (Å²) >= 11 is 5.80. The van der Waals surface area contributed by atoms with Gasteiger partial charge < -0.3 is 10.4 Å². The number of likely N-dealkylation sites (tertiary alicyclic amines) is 1. The molecule has 1 heterocycles. The second kappa shape index (κ2) is 7.43. The molecular weight excluding hydrogens is 292 g/mol. The van der Waals surface area contributed by atoms with Gasteiger partial charge in [-0.1, -0.05) is 23.7 Å². The van der Waals surface area contributed by atoms with Gasteiger partial charge in [0.25, 0.3) is 0 Å².